The van der Waals surface area contributed by atoms with Crippen LogP contribution < -0.4 is 15.2 Å². The lowest BCUT2D eigenvalue weighted by Crippen LogP contribution is -2.16. The van der Waals surface area contributed by atoms with Gasteiger partial charge in [0.2, 0.25) is 6.79 Å². The zero-order valence-corrected chi connectivity index (χ0v) is 9.16. The molecule has 0 aliphatic carbocycles. The van der Waals surface area contributed by atoms with Gasteiger partial charge >= 0.3 is 0 Å². The van der Waals surface area contributed by atoms with E-state index in [4.69, 9.17) is 15.2 Å². The summed E-state index contributed by atoms with van der Waals surface area (Å²) >= 11 is 1.48. The maximum Gasteiger partial charge on any atom is 0.231 e. The van der Waals surface area contributed by atoms with Crippen LogP contribution in [0.15, 0.2) is 28.4 Å². The van der Waals surface area contributed by atoms with E-state index in [-0.39, 0.29) is 6.79 Å². The van der Waals surface area contributed by atoms with E-state index in [2.05, 4.69) is 10.2 Å². The van der Waals surface area contributed by atoms with Crippen LogP contribution in [0.2, 0.25) is 0 Å². The van der Waals surface area contributed by atoms with Gasteiger partial charge in [-0.05, 0) is 18.2 Å². The molecule has 0 saturated carbocycles. The van der Waals surface area contributed by atoms with Gasteiger partial charge in [0, 0.05) is 11.3 Å². The maximum atomic E-state index is 5.53. The van der Waals surface area contributed by atoms with Crippen LogP contribution in [0.5, 0.6) is 11.5 Å². The number of ether oxygens (including phenoxy) is 2. The number of amidine groups is 1. The molecular weight excluding hydrogens is 226 g/mol. The predicted molar refractivity (Wildman–Crippen MR) is 63.2 cm³/mol. The number of hydrogen-bond acceptors (Lipinski definition) is 6. The van der Waals surface area contributed by atoms with Crippen molar-refractivity contribution in [3.8, 4) is 11.5 Å². The van der Waals surface area contributed by atoms with Crippen molar-refractivity contribution in [2.24, 2.45) is 15.9 Å². The van der Waals surface area contributed by atoms with E-state index in [0.717, 1.165) is 28.5 Å². The number of nitrogens with zero attached hydrogens (tertiary/aromatic N) is 2. The zero-order valence-electron chi connectivity index (χ0n) is 8.34. The summed E-state index contributed by atoms with van der Waals surface area (Å²) in [5.74, 6) is 2.26. The summed E-state index contributed by atoms with van der Waals surface area (Å²) in [5, 5.41) is 8.43. The summed E-state index contributed by atoms with van der Waals surface area (Å²) < 4.78 is 10.5. The van der Waals surface area contributed by atoms with Gasteiger partial charge in [-0.25, -0.2) is 0 Å². The summed E-state index contributed by atoms with van der Waals surface area (Å²) in [5.41, 5.74) is 7.42. The van der Waals surface area contributed by atoms with Crippen molar-refractivity contribution in [1.29, 1.82) is 0 Å². The molecule has 1 aromatic rings. The van der Waals surface area contributed by atoms with Crippen molar-refractivity contribution in [2.45, 2.75) is 0 Å². The third kappa shape index (κ3) is 1.61. The molecule has 16 heavy (non-hydrogen) atoms. The van der Waals surface area contributed by atoms with Crippen LogP contribution in [-0.4, -0.2) is 23.4 Å². The van der Waals surface area contributed by atoms with Gasteiger partial charge < -0.3 is 15.2 Å². The summed E-state index contributed by atoms with van der Waals surface area (Å²) in [6.45, 7) is 0.283. The number of fused-ring (bicyclic) bond motifs is 1. The van der Waals surface area contributed by atoms with Gasteiger partial charge in [-0.1, -0.05) is 11.8 Å². The predicted octanol–water partition coefficient (Wildman–Crippen LogP) is 1.18. The average Bonchev–Trinajstić information content (AvgIpc) is 2.77. The van der Waals surface area contributed by atoms with Crippen LogP contribution in [0, 0.1) is 0 Å². The van der Waals surface area contributed by atoms with Crippen molar-refractivity contribution in [3.63, 3.8) is 0 Å². The van der Waals surface area contributed by atoms with E-state index in [1.165, 1.54) is 11.8 Å². The van der Waals surface area contributed by atoms with Crippen molar-refractivity contribution in [1.82, 2.24) is 0 Å². The zero-order chi connectivity index (χ0) is 11.0. The normalized spacial score (nSPS) is 18.0. The van der Waals surface area contributed by atoms with E-state index in [1.807, 2.05) is 18.2 Å². The van der Waals surface area contributed by atoms with E-state index in [1.54, 1.807) is 0 Å². The van der Waals surface area contributed by atoms with Gasteiger partial charge in [0.1, 0.15) is 0 Å². The molecular formula is C10H9N3O2S. The minimum Gasteiger partial charge on any atom is -0.454 e. The molecule has 2 N–H and O–H groups in total. The molecule has 2 heterocycles. The van der Waals surface area contributed by atoms with E-state index in [9.17, 15) is 0 Å². The molecule has 2 aliphatic rings. The minimum absolute atomic E-state index is 0.283. The molecule has 0 spiro atoms. The first kappa shape index (κ1) is 9.53. The number of hydrogen-bond donors (Lipinski definition) is 1. The molecule has 0 radical (unpaired) electrons. The molecule has 0 saturated heterocycles. The summed E-state index contributed by atoms with van der Waals surface area (Å²) in [6.07, 6.45) is 0. The lowest BCUT2D eigenvalue weighted by Gasteiger charge is -2.09. The first-order chi connectivity index (χ1) is 7.83. The Balaban J connectivity index is 1.96. The fourth-order valence-electron chi connectivity index (χ4n) is 1.53. The van der Waals surface area contributed by atoms with Crippen molar-refractivity contribution < 1.29 is 9.47 Å². The Morgan fingerprint density at radius 1 is 1.19 bits per heavy atom. The highest BCUT2D eigenvalue weighted by atomic mass is 32.2. The quantitative estimate of drug-likeness (QED) is 0.793. The standard InChI is InChI=1S/C10H9N3O2S/c11-10-13-12-7(4-16-10)6-1-2-8-9(3-6)15-5-14-8/h1-3H,4-5H2,(H2,11,13). The molecule has 6 heteroatoms. The average molecular weight is 235 g/mol. The van der Waals surface area contributed by atoms with Crippen LogP contribution in [0.4, 0.5) is 0 Å². The fraction of sp³-hybridized carbons (Fsp3) is 0.200. The molecule has 0 fully saturated rings. The van der Waals surface area contributed by atoms with Crippen LogP contribution in [0.25, 0.3) is 0 Å². The monoisotopic (exact) mass is 235 g/mol. The largest absolute Gasteiger partial charge is 0.454 e. The van der Waals surface area contributed by atoms with Crippen LogP contribution in [-0.2, 0) is 0 Å². The Morgan fingerprint density at radius 3 is 2.88 bits per heavy atom. The lowest BCUT2D eigenvalue weighted by molar-refractivity contribution is 0.174. The first-order valence-corrected chi connectivity index (χ1v) is 5.74. The molecule has 0 amide bonds. The number of thioether (sulfide) groups is 1. The Hall–Kier alpha value is -1.69. The molecule has 1 aromatic carbocycles. The molecule has 0 unspecified atom stereocenters. The number of benzene rings is 1. The summed E-state index contributed by atoms with van der Waals surface area (Å²) in [6, 6.07) is 5.75. The highest BCUT2D eigenvalue weighted by molar-refractivity contribution is 8.14. The van der Waals surface area contributed by atoms with Crippen molar-refractivity contribution >= 4 is 22.6 Å². The first-order valence-electron chi connectivity index (χ1n) is 4.76. The maximum absolute atomic E-state index is 5.53. The van der Waals surface area contributed by atoms with Crippen molar-refractivity contribution in [3.05, 3.63) is 23.8 Å². The van der Waals surface area contributed by atoms with E-state index in [0.29, 0.717) is 5.17 Å². The van der Waals surface area contributed by atoms with Crippen LogP contribution in [0.1, 0.15) is 5.56 Å². The van der Waals surface area contributed by atoms with Crippen LogP contribution in [0.3, 0.4) is 0 Å². The lowest BCUT2D eigenvalue weighted by atomic mass is 10.1. The molecule has 82 valence electrons. The Labute approximate surface area is 96.3 Å². The third-order valence-electron chi connectivity index (χ3n) is 2.33. The second kappa shape index (κ2) is 3.71. The minimum atomic E-state index is 0.283. The van der Waals surface area contributed by atoms with Gasteiger partial charge in [-0.2, -0.15) is 5.10 Å². The smallest absolute Gasteiger partial charge is 0.231 e. The highest BCUT2D eigenvalue weighted by Crippen LogP contribution is 2.33. The SMILES string of the molecule is NC1=NN=C(c2ccc3c(c2)OCO3)CS1. The van der Waals surface area contributed by atoms with Gasteiger partial charge in [0.15, 0.2) is 16.7 Å². The summed E-state index contributed by atoms with van der Waals surface area (Å²) in [4.78, 5) is 0. The number of nitrogens with two attached hydrogens (primary N) is 1. The van der Waals surface area contributed by atoms with Crippen LogP contribution >= 0.6 is 11.8 Å². The molecule has 3 rings (SSSR count). The second-order valence-electron chi connectivity index (χ2n) is 3.34. The molecule has 0 atom stereocenters. The Kier molecular flexibility index (Phi) is 2.21. The molecule has 2 aliphatic heterocycles. The Morgan fingerprint density at radius 2 is 2.06 bits per heavy atom. The molecule has 0 aromatic heterocycles. The van der Waals surface area contributed by atoms with E-state index >= 15 is 0 Å². The second-order valence-corrected chi connectivity index (χ2v) is 4.34. The van der Waals surface area contributed by atoms with Gasteiger partial charge in [0.25, 0.3) is 0 Å². The highest BCUT2D eigenvalue weighted by Gasteiger charge is 2.16. The Bertz CT molecular complexity index is 499. The fourth-order valence-corrected chi connectivity index (χ4v) is 2.13. The number of rotatable bonds is 1. The van der Waals surface area contributed by atoms with Gasteiger partial charge in [-0.3, -0.25) is 0 Å². The van der Waals surface area contributed by atoms with Gasteiger partial charge in [0.05, 0.1) is 5.71 Å². The molecule has 5 nitrogen and oxygen atoms in total. The van der Waals surface area contributed by atoms with E-state index < -0.39 is 0 Å². The van der Waals surface area contributed by atoms with Gasteiger partial charge in [-0.15, -0.1) is 5.10 Å². The summed E-state index contributed by atoms with van der Waals surface area (Å²) in [7, 11) is 0. The van der Waals surface area contributed by atoms with Crippen molar-refractivity contribution in [2.75, 3.05) is 12.5 Å². The molecule has 0 bridgehead atoms. The third-order valence-corrected chi connectivity index (χ3v) is 3.13. The topological polar surface area (TPSA) is 69.2 Å².